The van der Waals surface area contributed by atoms with E-state index in [1.165, 1.54) is 7.11 Å². The molecule has 0 aliphatic carbocycles. The molecule has 1 aliphatic heterocycles. The fourth-order valence-corrected chi connectivity index (χ4v) is 4.75. The third kappa shape index (κ3) is 8.95. The minimum Gasteiger partial charge on any atom is -0.493 e. The van der Waals surface area contributed by atoms with Crippen molar-refractivity contribution in [3.63, 3.8) is 0 Å². The van der Waals surface area contributed by atoms with Crippen molar-refractivity contribution in [2.24, 2.45) is 0 Å². The van der Waals surface area contributed by atoms with E-state index in [1.807, 2.05) is 0 Å². The Bertz CT molecular complexity index is 1600. The monoisotopic (exact) mass is 642 g/mol. The van der Waals surface area contributed by atoms with Crippen LogP contribution in [0.3, 0.4) is 0 Å². The van der Waals surface area contributed by atoms with E-state index in [0.29, 0.717) is 17.1 Å². The lowest BCUT2D eigenvalue weighted by Crippen LogP contribution is -2.43. The molecule has 5 atom stereocenters. The molecule has 47 heavy (non-hydrogen) atoms. The zero-order valence-electron chi connectivity index (χ0n) is 25.5. The van der Waals surface area contributed by atoms with E-state index in [-0.39, 0.29) is 30.9 Å². The van der Waals surface area contributed by atoms with Crippen LogP contribution in [-0.2, 0) is 23.7 Å². The molecule has 0 unspecified atom stereocenters. The van der Waals surface area contributed by atoms with Crippen molar-refractivity contribution in [3.8, 4) is 11.5 Å². The first-order chi connectivity index (χ1) is 22.9. The van der Waals surface area contributed by atoms with E-state index in [1.54, 1.807) is 115 Å². The molecular formula is C36H34O11. The smallest absolute Gasteiger partial charge is 0.338 e. The SMILES string of the molecule is COc1ccccc1OC[C@H](O)CO[C@@H]1O[C@H](COC(=O)c2ccccc2)[C@H](OC(=O)c2ccccc2)[C@H]1OC(=O)c1ccccc1. The highest BCUT2D eigenvalue weighted by Crippen LogP contribution is 2.31. The minimum absolute atomic E-state index is 0.161. The van der Waals surface area contributed by atoms with Crippen LogP contribution in [0.5, 0.6) is 11.5 Å². The summed E-state index contributed by atoms with van der Waals surface area (Å²) in [4.78, 5) is 39.2. The Morgan fingerprint density at radius 1 is 0.660 bits per heavy atom. The van der Waals surface area contributed by atoms with Gasteiger partial charge in [-0.2, -0.15) is 0 Å². The van der Waals surface area contributed by atoms with Crippen molar-refractivity contribution in [2.45, 2.75) is 30.7 Å². The van der Waals surface area contributed by atoms with Crippen LogP contribution >= 0.6 is 0 Å². The number of hydrogen-bond donors (Lipinski definition) is 1. The lowest BCUT2D eigenvalue weighted by Gasteiger charge is -2.25. The molecule has 0 spiro atoms. The Balaban J connectivity index is 1.35. The van der Waals surface area contributed by atoms with Crippen LogP contribution in [0, 0.1) is 0 Å². The summed E-state index contributed by atoms with van der Waals surface area (Å²) in [5.74, 6) is -1.16. The van der Waals surface area contributed by atoms with E-state index in [2.05, 4.69) is 0 Å². The summed E-state index contributed by atoms with van der Waals surface area (Å²) in [6, 6.07) is 31.8. The molecule has 5 rings (SSSR count). The summed E-state index contributed by atoms with van der Waals surface area (Å²) in [6.07, 6.45) is -6.13. The van der Waals surface area contributed by atoms with E-state index in [9.17, 15) is 19.5 Å². The van der Waals surface area contributed by atoms with Crippen molar-refractivity contribution in [3.05, 3.63) is 132 Å². The highest BCUT2D eigenvalue weighted by atomic mass is 16.7. The second kappa shape index (κ2) is 16.4. The lowest BCUT2D eigenvalue weighted by molar-refractivity contribution is -0.183. The number of para-hydroxylation sites is 2. The Morgan fingerprint density at radius 2 is 1.15 bits per heavy atom. The van der Waals surface area contributed by atoms with E-state index >= 15 is 0 Å². The van der Waals surface area contributed by atoms with Gasteiger partial charge in [0.05, 0.1) is 30.4 Å². The number of hydrogen-bond acceptors (Lipinski definition) is 11. The summed E-state index contributed by atoms with van der Waals surface area (Å²) in [5, 5.41) is 10.7. The van der Waals surface area contributed by atoms with Crippen molar-refractivity contribution in [1.29, 1.82) is 0 Å². The van der Waals surface area contributed by atoms with Crippen molar-refractivity contribution >= 4 is 17.9 Å². The van der Waals surface area contributed by atoms with Gasteiger partial charge in [-0.3, -0.25) is 0 Å². The normalized spacial score (nSPS) is 19.3. The highest BCUT2D eigenvalue weighted by molar-refractivity contribution is 5.91. The van der Waals surface area contributed by atoms with E-state index in [0.717, 1.165) is 0 Å². The van der Waals surface area contributed by atoms with Gasteiger partial charge in [0.2, 0.25) is 0 Å². The summed E-state index contributed by atoms with van der Waals surface area (Å²) < 4.78 is 40.2. The van der Waals surface area contributed by atoms with Gasteiger partial charge >= 0.3 is 17.9 Å². The van der Waals surface area contributed by atoms with Crippen LogP contribution in [0.15, 0.2) is 115 Å². The molecule has 4 aromatic rings. The molecule has 1 fully saturated rings. The van der Waals surface area contributed by atoms with Gasteiger partial charge in [-0.1, -0.05) is 66.7 Å². The number of esters is 3. The molecule has 1 heterocycles. The number of aliphatic hydroxyl groups is 1. The molecule has 0 amide bonds. The molecule has 0 bridgehead atoms. The standard InChI is InChI=1S/C36H34O11/c1-41-28-19-11-12-20-29(28)42-21-27(37)22-44-36-32(47-35(40)26-17-9-4-10-18-26)31(46-34(39)25-15-7-3-8-16-25)30(45-36)23-43-33(38)24-13-5-2-6-14-24/h2-20,27,30-32,36-37H,21-23H2,1H3/t27-,30+,31-,32+,36+/m0/s1. The zero-order valence-corrected chi connectivity index (χ0v) is 25.5. The second-order valence-electron chi connectivity index (χ2n) is 10.4. The Labute approximate surface area is 271 Å². The minimum atomic E-state index is -1.32. The molecule has 11 nitrogen and oxygen atoms in total. The van der Waals surface area contributed by atoms with Crippen LogP contribution < -0.4 is 9.47 Å². The predicted octanol–water partition coefficient (Wildman–Crippen LogP) is 4.48. The first-order valence-electron chi connectivity index (χ1n) is 14.9. The number of ether oxygens (including phenoxy) is 7. The molecule has 0 radical (unpaired) electrons. The van der Waals surface area contributed by atoms with Crippen LogP contribution in [-0.4, -0.2) is 80.7 Å². The van der Waals surface area contributed by atoms with Gasteiger partial charge in [-0.15, -0.1) is 0 Å². The lowest BCUT2D eigenvalue weighted by atomic mass is 10.1. The van der Waals surface area contributed by atoms with Crippen LogP contribution in [0.2, 0.25) is 0 Å². The van der Waals surface area contributed by atoms with Crippen molar-refractivity contribution in [1.82, 2.24) is 0 Å². The van der Waals surface area contributed by atoms with Crippen LogP contribution in [0.1, 0.15) is 31.1 Å². The first kappa shape index (κ1) is 33.1. The maximum absolute atomic E-state index is 13.2. The highest BCUT2D eigenvalue weighted by Gasteiger charge is 2.51. The predicted molar refractivity (Wildman–Crippen MR) is 167 cm³/mol. The molecule has 4 aromatic carbocycles. The number of methoxy groups -OCH3 is 1. The number of carbonyl (C=O) groups excluding carboxylic acids is 3. The molecule has 1 N–H and O–H groups in total. The van der Waals surface area contributed by atoms with Crippen LogP contribution in [0.25, 0.3) is 0 Å². The fraction of sp³-hybridized carbons (Fsp3) is 0.250. The third-order valence-corrected chi connectivity index (χ3v) is 7.11. The van der Waals surface area contributed by atoms with Crippen LogP contribution in [0.4, 0.5) is 0 Å². The molecule has 0 aromatic heterocycles. The summed E-state index contributed by atoms with van der Waals surface area (Å²) in [6.45, 7) is -0.833. The topological polar surface area (TPSA) is 136 Å². The van der Waals surface area contributed by atoms with E-state index in [4.69, 9.17) is 33.2 Å². The third-order valence-electron chi connectivity index (χ3n) is 7.11. The molecule has 1 aliphatic rings. The average molecular weight is 643 g/mol. The maximum Gasteiger partial charge on any atom is 0.338 e. The van der Waals surface area contributed by atoms with Gasteiger partial charge in [-0.05, 0) is 48.5 Å². The average Bonchev–Trinajstić information content (AvgIpc) is 3.44. The Morgan fingerprint density at radius 3 is 1.70 bits per heavy atom. The summed E-state index contributed by atoms with van der Waals surface area (Å²) in [7, 11) is 1.50. The van der Waals surface area contributed by atoms with Gasteiger partial charge in [0.1, 0.15) is 25.4 Å². The summed E-state index contributed by atoms with van der Waals surface area (Å²) >= 11 is 0. The number of aliphatic hydroxyl groups excluding tert-OH is 1. The number of rotatable bonds is 14. The maximum atomic E-state index is 13.2. The van der Waals surface area contributed by atoms with Gasteiger partial charge in [0.15, 0.2) is 30.0 Å². The summed E-state index contributed by atoms with van der Waals surface area (Å²) in [5.41, 5.74) is 0.791. The Hall–Kier alpha value is -5.23. The van der Waals surface area contributed by atoms with Gasteiger partial charge in [0.25, 0.3) is 0 Å². The quantitative estimate of drug-likeness (QED) is 0.154. The molecule has 11 heteroatoms. The molecule has 244 valence electrons. The van der Waals surface area contributed by atoms with E-state index < -0.39 is 48.6 Å². The van der Waals surface area contributed by atoms with Gasteiger partial charge in [-0.25, -0.2) is 14.4 Å². The second-order valence-corrected chi connectivity index (χ2v) is 10.4. The van der Waals surface area contributed by atoms with Crippen molar-refractivity contribution in [2.75, 3.05) is 26.9 Å². The number of carbonyl (C=O) groups is 3. The largest absolute Gasteiger partial charge is 0.493 e. The Kier molecular flexibility index (Phi) is 11.5. The first-order valence-corrected chi connectivity index (χ1v) is 14.9. The molecule has 1 saturated heterocycles. The van der Waals surface area contributed by atoms with Crippen molar-refractivity contribution < 1.29 is 52.6 Å². The zero-order chi connectivity index (χ0) is 33.0. The van der Waals surface area contributed by atoms with Gasteiger partial charge in [0, 0.05) is 0 Å². The van der Waals surface area contributed by atoms with Gasteiger partial charge < -0.3 is 38.3 Å². The molecule has 0 saturated carbocycles. The number of benzene rings is 4. The fourth-order valence-electron chi connectivity index (χ4n) is 4.75. The molecular weight excluding hydrogens is 608 g/mol.